The van der Waals surface area contributed by atoms with Crippen molar-refractivity contribution in [3.05, 3.63) is 6.42 Å². The molecule has 2 fully saturated rings. The maximum atomic E-state index is 5.43. The topological polar surface area (TPSA) is 18.5 Å². The van der Waals surface area contributed by atoms with Gasteiger partial charge in [-0.05, 0) is 42.9 Å². The van der Waals surface area contributed by atoms with Gasteiger partial charge in [0.1, 0.15) is 0 Å². The van der Waals surface area contributed by atoms with Crippen LogP contribution in [-0.4, -0.2) is 26.4 Å². The Morgan fingerprint density at radius 3 is 2.47 bits per heavy atom. The van der Waals surface area contributed by atoms with Crippen LogP contribution in [0.25, 0.3) is 0 Å². The molecule has 2 nitrogen and oxygen atoms in total. The van der Waals surface area contributed by atoms with Crippen molar-refractivity contribution in [2.45, 2.75) is 33.1 Å². The SMILES string of the molecule is CC(C)([CH]C1CCOC1)CC1CCOC1. The molecule has 0 aliphatic carbocycles. The Hall–Kier alpha value is -0.0800. The van der Waals surface area contributed by atoms with E-state index < -0.39 is 0 Å². The molecule has 1 radical (unpaired) electrons. The first-order valence-corrected chi connectivity index (χ1v) is 6.17. The molecule has 2 saturated heterocycles. The average Bonchev–Trinajstić information content (AvgIpc) is 2.75. The van der Waals surface area contributed by atoms with Gasteiger partial charge in [-0.3, -0.25) is 0 Å². The second-order valence-electron chi connectivity index (χ2n) is 5.71. The molecule has 2 rings (SSSR count). The minimum absolute atomic E-state index is 0.344. The molecule has 2 aliphatic rings. The summed E-state index contributed by atoms with van der Waals surface area (Å²) in [6.45, 7) is 8.52. The molecule has 2 heteroatoms. The fourth-order valence-corrected chi connectivity index (χ4v) is 2.88. The molecule has 0 aromatic heterocycles. The summed E-state index contributed by atoms with van der Waals surface area (Å²) >= 11 is 0. The van der Waals surface area contributed by atoms with Gasteiger partial charge in [0.2, 0.25) is 0 Å². The van der Waals surface area contributed by atoms with Crippen molar-refractivity contribution in [1.82, 2.24) is 0 Å². The van der Waals surface area contributed by atoms with Gasteiger partial charge in [-0.1, -0.05) is 13.8 Å². The van der Waals surface area contributed by atoms with Gasteiger partial charge in [-0.25, -0.2) is 0 Å². The molecule has 0 saturated carbocycles. The van der Waals surface area contributed by atoms with Gasteiger partial charge in [0.05, 0.1) is 0 Å². The summed E-state index contributed by atoms with van der Waals surface area (Å²) in [5.74, 6) is 1.46. The van der Waals surface area contributed by atoms with Crippen LogP contribution in [0.1, 0.15) is 33.1 Å². The Kier molecular flexibility index (Phi) is 3.68. The second-order valence-corrected chi connectivity index (χ2v) is 5.71. The van der Waals surface area contributed by atoms with Crippen molar-refractivity contribution in [3.8, 4) is 0 Å². The minimum atomic E-state index is 0.344. The van der Waals surface area contributed by atoms with E-state index in [1.165, 1.54) is 19.3 Å². The van der Waals surface area contributed by atoms with Gasteiger partial charge >= 0.3 is 0 Å². The van der Waals surface area contributed by atoms with Gasteiger partial charge in [-0.15, -0.1) is 0 Å². The third kappa shape index (κ3) is 3.46. The molecule has 2 heterocycles. The van der Waals surface area contributed by atoms with Crippen molar-refractivity contribution < 1.29 is 9.47 Å². The highest BCUT2D eigenvalue weighted by molar-refractivity contribution is 4.93. The van der Waals surface area contributed by atoms with Crippen LogP contribution in [0.4, 0.5) is 0 Å². The fraction of sp³-hybridized carbons (Fsp3) is 0.923. The number of rotatable bonds is 4. The Morgan fingerprint density at radius 1 is 1.13 bits per heavy atom. The van der Waals surface area contributed by atoms with Crippen LogP contribution in [0.15, 0.2) is 0 Å². The Balaban J connectivity index is 1.76. The maximum absolute atomic E-state index is 5.43. The van der Waals surface area contributed by atoms with Gasteiger partial charge in [0.15, 0.2) is 0 Å². The van der Waals surface area contributed by atoms with Gasteiger partial charge in [0.25, 0.3) is 0 Å². The Bertz CT molecular complexity index is 169. The van der Waals surface area contributed by atoms with E-state index in [9.17, 15) is 0 Å². The predicted octanol–water partition coefficient (Wildman–Crippen LogP) is 2.68. The third-order valence-corrected chi connectivity index (χ3v) is 3.49. The van der Waals surface area contributed by atoms with Crippen LogP contribution in [-0.2, 0) is 9.47 Å². The van der Waals surface area contributed by atoms with Crippen LogP contribution in [0, 0.1) is 23.7 Å². The van der Waals surface area contributed by atoms with E-state index in [2.05, 4.69) is 20.3 Å². The molecular weight excluding hydrogens is 188 g/mol. The van der Waals surface area contributed by atoms with Crippen molar-refractivity contribution >= 4 is 0 Å². The molecule has 15 heavy (non-hydrogen) atoms. The summed E-state index contributed by atoms with van der Waals surface area (Å²) in [5, 5.41) is 0. The first-order valence-electron chi connectivity index (χ1n) is 6.17. The van der Waals surface area contributed by atoms with Crippen molar-refractivity contribution in [1.29, 1.82) is 0 Å². The molecule has 0 aromatic rings. The number of ether oxygens (including phenoxy) is 2. The largest absolute Gasteiger partial charge is 0.381 e. The van der Waals surface area contributed by atoms with Crippen LogP contribution in [0.3, 0.4) is 0 Å². The van der Waals surface area contributed by atoms with Crippen LogP contribution < -0.4 is 0 Å². The van der Waals surface area contributed by atoms with E-state index in [1.54, 1.807) is 0 Å². The quantitative estimate of drug-likeness (QED) is 0.712. The van der Waals surface area contributed by atoms with Gasteiger partial charge in [-0.2, -0.15) is 0 Å². The first kappa shape index (κ1) is 11.4. The fourth-order valence-electron chi connectivity index (χ4n) is 2.88. The van der Waals surface area contributed by atoms with E-state index in [1.807, 2.05) is 0 Å². The summed E-state index contributed by atoms with van der Waals surface area (Å²) in [5.41, 5.74) is 0.344. The zero-order valence-electron chi connectivity index (χ0n) is 10.00. The molecule has 0 N–H and O–H groups in total. The van der Waals surface area contributed by atoms with E-state index in [0.29, 0.717) is 11.3 Å². The third-order valence-electron chi connectivity index (χ3n) is 3.49. The molecule has 0 spiro atoms. The van der Waals surface area contributed by atoms with E-state index >= 15 is 0 Å². The first-order chi connectivity index (χ1) is 7.16. The maximum Gasteiger partial charge on any atom is 0.0498 e. The van der Waals surface area contributed by atoms with Gasteiger partial charge < -0.3 is 9.47 Å². The normalized spacial score (nSPS) is 32.4. The Morgan fingerprint density at radius 2 is 1.87 bits per heavy atom. The molecule has 2 atom stereocenters. The molecule has 2 aliphatic heterocycles. The summed E-state index contributed by atoms with van der Waals surface area (Å²) in [4.78, 5) is 0. The predicted molar refractivity (Wildman–Crippen MR) is 60.6 cm³/mol. The molecule has 87 valence electrons. The minimum Gasteiger partial charge on any atom is -0.381 e. The zero-order chi connectivity index (χ0) is 10.7. The summed E-state index contributed by atoms with van der Waals surface area (Å²) in [7, 11) is 0. The molecule has 0 amide bonds. The molecule has 2 unspecified atom stereocenters. The van der Waals surface area contributed by atoms with Crippen molar-refractivity contribution in [2.24, 2.45) is 17.3 Å². The highest BCUT2D eigenvalue weighted by Crippen LogP contribution is 2.36. The highest BCUT2D eigenvalue weighted by Gasteiger charge is 2.30. The summed E-state index contributed by atoms with van der Waals surface area (Å²) in [6, 6.07) is 0. The molecular formula is C13H23O2. The summed E-state index contributed by atoms with van der Waals surface area (Å²) in [6.07, 6.45) is 6.24. The summed E-state index contributed by atoms with van der Waals surface area (Å²) < 4.78 is 10.9. The lowest BCUT2D eigenvalue weighted by Crippen LogP contribution is -2.22. The Labute approximate surface area is 93.3 Å². The monoisotopic (exact) mass is 211 g/mol. The van der Waals surface area contributed by atoms with E-state index in [-0.39, 0.29) is 0 Å². The van der Waals surface area contributed by atoms with Gasteiger partial charge in [0, 0.05) is 26.4 Å². The number of hydrogen-bond acceptors (Lipinski definition) is 2. The number of hydrogen-bond donors (Lipinski definition) is 0. The van der Waals surface area contributed by atoms with Crippen LogP contribution in [0.2, 0.25) is 0 Å². The van der Waals surface area contributed by atoms with Crippen LogP contribution in [0.5, 0.6) is 0 Å². The lowest BCUT2D eigenvalue weighted by Gasteiger charge is -2.29. The van der Waals surface area contributed by atoms with Crippen LogP contribution >= 0.6 is 0 Å². The standard InChI is InChI=1S/C13H23O2/c1-13(2,7-11-3-5-14-9-11)8-12-4-6-15-10-12/h7,11-12H,3-6,8-10H2,1-2H3. The highest BCUT2D eigenvalue weighted by atomic mass is 16.5. The van der Waals surface area contributed by atoms with E-state index in [0.717, 1.165) is 32.3 Å². The van der Waals surface area contributed by atoms with Crippen molar-refractivity contribution in [3.63, 3.8) is 0 Å². The lowest BCUT2D eigenvalue weighted by molar-refractivity contribution is 0.168. The molecule has 0 bridgehead atoms. The molecule has 0 aromatic carbocycles. The average molecular weight is 211 g/mol. The lowest BCUT2D eigenvalue weighted by atomic mass is 9.76. The zero-order valence-corrected chi connectivity index (χ0v) is 10.00. The second kappa shape index (κ2) is 4.84. The smallest absolute Gasteiger partial charge is 0.0498 e. The van der Waals surface area contributed by atoms with E-state index in [4.69, 9.17) is 9.47 Å². The van der Waals surface area contributed by atoms with Crippen molar-refractivity contribution in [2.75, 3.05) is 26.4 Å².